The second kappa shape index (κ2) is 14.6. The maximum atomic E-state index is 5.33. The highest BCUT2D eigenvalue weighted by Crippen LogP contribution is 2.43. The predicted octanol–water partition coefficient (Wildman–Crippen LogP) is -14.6. The van der Waals surface area contributed by atoms with E-state index in [1.54, 1.807) is 0 Å². The number of aromatic nitrogens is 2. The molecule has 9 aromatic rings. The van der Waals surface area contributed by atoms with Crippen molar-refractivity contribution in [3.63, 3.8) is 0 Å². The van der Waals surface area contributed by atoms with E-state index in [2.05, 4.69) is 201 Å². The molecule has 0 unspecified atom stereocenters. The zero-order valence-electron chi connectivity index (χ0n) is 38.4. The summed E-state index contributed by atoms with van der Waals surface area (Å²) >= 11 is 0. The van der Waals surface area contributed by atoms with Gasteiger partial charge in [0.2, 0.25) is 0 Å². The van der Waals surface area contributed by atoms with Crippen molar-refractivity contribution in [1.29, 1.82) is 0 Å². The number of para-hydroxylation sites is 3. The quantitative estimate of drug-likeness (QED) is 0.129. The van der Waals surface area contributed by atoms with Crippen LogP contribution in [0.5, 0.6) is 0 Å². The number of hydrogen-bond donors (Lipinski definition) is 0. The summed E-state index contributed by atoms with van der Waals surface area (Å²) in [5.41, 5.74) is 30.3. The molecule has 0 saturated heterocycles. The first-order valence-corrected chi connectivity index (χ1v) is 21.7. The largest absolute Gasteiger partial charge is 0.292 e. The second-order valence-electron chi connectivity index (χ2n) is 17.9. The summed E-state index contributed by atoms with van der Waals surface area (Å²) in [6, 6.07) is 28.4. The van der Waals surface area contributed by atoms with Gasteiger partial charge in [-0.15, -0.1) is 32.8 Å². The number of hydrogen-bond acceptors (Lipinski definition) is 1. The number of rotatable bonds is 4. The Kier molecular flexibility index (Phi) is 9.81. The van der Waals surface area contributed by atoms with Gasteiger partial charge in [-0.2, -0.15) is 0 Å². The van der Waals surface area contributed by atoms with Gasteiger partial charge < -0.3 is 0 Å². The molecule has 0 aliphatic rings. The van der Waals surface area contributed by atoms with Crippen molar-refractivity contribution in [3.05, 3.63) is 78.9 Å². The summed E-state index contributed by atoms with van der Waals surface area (Å²) in [5.74, 6) is 0.948. The fourth-order valence-electron chi connectivity index (χ4n) is 11.0. The maximum absolute atomic E-state index is 5.33. The van der Waals surface area contributed by atoms with Crippen LogP contribution in [0, 0.1) is 0 Å². The molecule has 0 amide bonds. The number of imidazole rings is 1. The van der Waals surface area contributed by atoms with Gasteiger partial charge in [0.15, 0.2) is 0 Å². The fraction of sp³-hybridized carbons (Fsp3) is 0. The minimum Gasteiger partial charge on any atom is -0.292 e. The van der Waals surface area contributed by atoms with Crippen LogP contribution in [-0.2, 0) is 0 Å². The van der Waals surface area contributed by atoms with Crippen LogP contribution in [0.1, 0.15) is 0 Å². The Balaban J connectivity index is 1.58. The topological polar surface area (TPSA) is 17.8 Å². The Hall–Kier alpha value is -5.02. The van der Waals surface area contributed by atoms with E-state index in [-0.39, 0.29) is 0 Å². The van der Waals surface area contributed by atoms with Crippen molar-refractivity contribution >= 4 is 243 Å². The molecule has 0 N–H and O–H groups in total. The number of benzene rings is 8. The van der Waals surface area contributed by atoms with Crippen LogP contribution in [0.4, 0.5) is 0 Å². The van der Waals surface area contributed by atoms with E-state index < -0.39 is 0 Å². The zero-order chi connectivity index (χ0) is 42.8. The third-order valence-corrected chi connectivity index (χ3v) is 15.4. The minimum absolute atomic E-state index is 0.948. The molecule has 8 aromatic carbocycles. The highest BCUT2D eigenvalue weighted by atomic mass is 15.1. The smallest absolute Gasteiger partial charge is 0.145 e. The van der Waals surface area contributed by atoms with Crippen LogP contribution < -0.4 is 81.9 Å². The van der Waals surface area contributed by atoms with Gasteiger partial charge in [0.1, 0.15) is 124 Å². The first-order valence-electron chi connectivity index (χ1n) is 21.7. The second-order valence-corrected chi connectivity index (χ2v) is 17.9. The Bertz CT molecular complexity index is 3300. The number of nitrogens with zero attached hydrogens (tertiary/aromatic N) is 2. The third-order valence-electron chi connectivity index (χ3n) is 15.4. The molecule has 0 radical (unpaired) electrons. The summed E-state index contributed by atoms with van der Waals surface area (Å²) in [4.78, 5) is 5.33. The molecule has 0 fully saturated rings. The van der Waals surface area contributed by atoms with Crippen molar-refractivity contribution in [2.75, 3.05) is 0 Å². The third kappa shape index (κ3) is 5.52. The van der Waals surface area contributed by atoms with E-state index in [4.69, 9.17) is 4.98 Å². The molecule has 1 heterocycles. The maximum Gasteiger partial charge on any atom is 0.145 e. The van der Waals surface area contributed by atoms with Crippen LogP contribution in [0.3, 0.4) is 0 Å². The molecule has 60 heavy (non-hydrogen) atoms. The minimum atomic E-state index is 0.948. The Morgan fingerprint density at radius 2 is 0.717 bits per heavy atom. The molecule has 1 aromatic heterocycles. The molecule has 0 aliphatic carbocycles. The standard InChI is InChI=1S/C43H43B15N2/c44-28-25(33(49)34(50)27-26(28)35(51)41(57)42(58)36(27)52)20-23-21(29(45)37(53)39(55)31(23)47)19(22-24(20)32(48)40(56)38(54)30(22)46)15-10-4-6-12-17(15)60-18-13-7-5-11-16(18)59-43(60)14-8-2-1-3-9-14/h1-13H,44-58H2. The van der Waals surface area contributed by atoms with Crippen molar-refractivity contribution in [1.82, 2.24) is 9.55 Å². The average molecular weight is 750 g/mol. The molecule has 17 heteroatoms. The Labute approximate surface area is 368 Å². The van der Waals surface area contributed by atoms with Gasteiger partial charge in [-0.25, -0.2) is 4.98 Å². The monoisotopic (exact) mass is 752 g/mol. The van der Waals surface area contributed by atoms with Gasteiger partial charge in [0, 0.05) is 11.1 Å². The van der Waals surface area contributed by atoms with Gasteiger partial charge in [-0.3, -0.25) is 4.57 Å². The molecular weight excluding hydrogens is 707 g/mol. The molecule has 270 valence electrons. The van der Waals surface area contributed by atoms with Gasteiger partial charge in [-0.1, -0.05) is 110 Å². The number of fused-ring (bicyclic) bond motifs is 4. The highest BCUT2D eigenvalue weighted by Gasteiger charge is 2.29. The lowest BCUT2D eigenvalue weighted by Gasteiger charge is -2.31. The van der Waals surface area contributed by atoms with Crippen LogP contribution in [0.2, 0.25) is 0 Å². The normalized spacial score (nSPS) is 11.7. The molecule has 0 bridgehead atoms. The van der Waals surface area contributed by atoms with Crippen LogP contribution in [0.25, 0.3) is 82.7 Å². The van der Waals surface area contributed by atoms with E-state index in [0.29, 0.717) is 0 Å². The molecule has 2 nitrogen and oxygen atoms in total. The molecule has 0 aliphatic heterocycles. The Morgan fingerprint density at radius 3 is 1.25 bits per heavy atom. The van der Waals surface area contributed by atoms with Gasteiger partial charge >= 0.3 is 0 Å². The van der Waals surface area contributed by atoms with Crippen molar-refractivity contribution in [2.45, 2.75) is 0 Å². The molecule has 9 rings (SSSR count). The van der Waals surface area contributed by atoms with Crippen molar-refractivity contribution in [3.8, 4) is 39.3 Å². The van der Waals surface area contributed by atoms with E-state index in [0.717, 1.165) is 28.1 Å². The highest BCUT2D eigenvalue weighted by molar-refractivity contribution is 6.75. The van der Waals surface area contributed by atoms with E-state index >= 15 is 0 Å². The fourth-order valence-corrected chi connectivity index (χ4v) is 11.0. The predicted molar refractivity (Wildman–Crippen MR) is 313 cm³/mol. The van der Waals surface area contributed by atoms with Crippen LogP contribution >= 0.6 is 0 Å². The van der Waals surface area contributed by atoms with E-state index in [9.17, 15) is 0 Å². The molecule has 0 saturated carbocycles. The summed E-state index contributed by atoms with van der Waals surface area (Å²) in [6.45, 7) is 0. The molecule has 0 spiro atoms. The van der Waals surface area contributed by atoms with Crippen LogP contribution in [-0.4, -0.2) is 127 Å². The van der Waals surface area contributed by atoms with E-state index in [1.807, 2.05) is 0 Å². The molecular formula is C43H43B15N2. The van der Waals surface area contributed by atoms with Gasteiger partial charge in [0.25, 0.3) is 0 Å². The molecule has 0 atom stereocenters. The van der Waals surface area contributed by atoms with Gasteiger partial charge in [-0.05, 0) is 67.2 Å². The van der Waals surface area contributed by atoms with Crippen molar-refractivity contribution < 1.29 is 0 Å². The van der Waals surface area contributed by atoms with Gasteiger partial charge in [0.05, 0.1) is 16.7 Å². The van der Waals surface area contributed by atoms with Crippen molar-refractivity contribution in [2.24, 2.45) is 0 Å². The lowest BCUT2D eigenvalue weighted by atomic mass is 9.56. The summed E-state index contributed by atoms with van der Waals surface area (Å²) in [6.07, 6.45) is 0. The average Bonchev–Trinajstić information content (AvgIpc) is 3.65. The van der Waals surface area contributed by atoms with E-state index in [1.165, 1.54) is 137 Å². The first kappa shape index (κ1) is 40.4. The summed E-state index contributed by atoms with van der Waals surface area (Å²) < 4.78 is 2.41. The summed E-state index contributed by atoms with van der Waals surface area (Å²) in [7, 11) is 35.3. The lowest BCUT2D eigenvalue weighted by molar-refractivity contribution is 1.11. The first-order chi connectivity index (χ1) is 28.6. The van der Waals surface area contributed by atoms with Crippen LogP contribution in [0.15, 0.2) is 78.9 Å². The zero-order valence-corrected chi connectivity index (χ0v) is 38.4. The Morgan fingerprint density at radius 1 is 0.317 bits per heavy atom. The summed E-state index contributed by atoms with van der Waals surface area (Å²) in [5, 5.41) is 8.30. The lowest BCUT2D eigenvalue weighted by Crippen LogP contribution is -2.52. The SMILES string of the molecule is Bc1c(B)c(B)c2c(B)c(-c3c4c(B)c(B)c(B)c(B)c4c(-c4ccccc4-n4c(-c5ccccc5)nc5ccccc54)c4c(B)c(B)c(B)c(B)c34)c(B)c(B)c2c1B.